The minimum absolute atomic E-state index is 0.161. The predicted octanol–water partition coefficient (Wildman–Crippen LogP) is 2.63. The maximum absolute atomic E-state index is 5.77. The Bertz CT molecular complexity index is 171. The number of hydrogen-bond donors (Lipinski definition) is 1. The Kier molecular flexibility index (Phi) is 5.07. The second-order valence-corrected chi connectivity index (χ2v) is 5.73. The highest BCUT2D eigenvalue weighted by atomic mass is 15.2. The first-order valence-corrected chi connectivity index (χ1v) is 6.47. The third-order valence-electron chi connectivity index (χ3n) is 4.13. The van der Waals surface area contributed by atoms with E-state index in [9.17, 15) is 0 Å². The molecule has 1 saturated carbocycles. The van der Waals surface area contributed by atoms with E-state index in [1.807, 2.05) is 0 Å². The summed E-state index contributed by atoms with van der Waals surface area (Å²) >= 11 is 0. The summed E-state index contributed by atoms with van der Waals surface area (Å²) in [7, 11) is 2.20. The lowest BCUT2D eigenvalue weighted by atomic mass is 9.86. The van der Waals surface area contributed by atoms with Crippen molar-refractivity contribution in [3.63, 3.8) is 0 Å². The van der Waals surface area contributed by atoms with Gasteiger partial charge in [-0.25, -0.2) is 0 Å². The largest absolute Gasteiger partial charge is 0.329 e. The molecule has 0 saturated heterocycles. The summed E-state index contributed by atoms with van der Waals surface area (Å²) in [4.78, 5) is 2.42. The Labute approximate surface area is 95.2 Å². The fourth-order valence-electron chi connectivity index (χ4n) is 2.31. The first kappa shape index (κ1) is 13.0. The standard InChI is InChI=1S/C13H28N2/c1-13(2,11-14)15(3)10-9-12-7-5-4-6-8-12/h12H,4-11,14H2,1-3H3. The topological polar surface area (TPSA) is 29.3 Å². The van der Waals surface area contributed by atoms with Gasteiger partial charge in [-0.1, -0.05) is 32.1 Å². The molecule has 0 unspecified atom stereocenters. The molecule has 0 aromatic carbocycles. The van der Waals surface area contributed by atoms with Gasteiger partial charge in [0.25, 0.3) is 0 Å². The van der Waals surface area contributed by atoms with Crippen LogP contribution in [0.15, 0.2) is 0 Å². The molecule has 0 radical (unpaired) electrons. The van der Waals surface area contributed by atoms with Crippen LogP contribution in [0.1, 0.15) is 52.4 Å². The molecule has 2 heteroatoms. The summed E-state index contributed by atoms with van der Waals surface area (Å²) in [6.07, 6.45) is 8.64. The van der Waals surface area contributed by atoms with Gasteiger partial charge in [0.15, 0.2) is 0 Å². The fourth-order valence-corrected chi connectivity index (χ4v) is 2.31. The molecule has 0 bridgehead atoms. The van der Waals surface area contributed by atoms with Crippen molar-refractivity contribution in [1.29, 1.82) is 0 Å². The summed E-state index contributed by atoms with van der Waals surface area (Å²) < 4.78 is 0. The maximum atomic E-state index is 5.77. The van der Waals surface area contributed by atoms with Crippen molar-refractivity contribution in [2.24, 2.45) is 11.7 Å². The van der Waals surface area contributed by atoms with Crippen molar-refractivity contribution < 1.29 is 0 Å². The molecule has 0 aromatic rings. The van der Waals surface area contributed by atoms with Crippen LogP contribution < -0.4 is 5.73 Å². The third-order valence-corrected chi connectivity index (χ3v) is 4.13. The monoisotopic (exact) mass is 212 g/mol. The summed E-state index contributed by atoms with van der Waals surface area (Å²) in [5, 5.41) is 0. The van der Waals surface area contributed by atoms with E-state index in [2.05, 4.69) is 25.8 Å². The van der Waals surface area contributed by atoms with Gasteiger partial charge in [0.2, 0.25) is 0 Å². The highest BCUT2D eigenvalue weighted by Crippen LogP contribution is 2.26. The lowest BCUT2D eigenvalue weighted by Crippen LogP contribution is -2.47. The number of rotatable bonds is 5. The van der Waals surface area contributed by atoms with Crippen LogP contribution in [0.25, 0.3) is 0 Å². The highest BCUT2D eigenvalue weighted by molar-refractivity contribution is 4.80. The van der Waals surface area contributed by atoms with Crippen LogP contribution in [0.4, 0.5) is 0 Å². The predicted molar refractivity (Wildman–Crippen MR) is 67.0 cm³/mol. The lowest BCUT2D eigenvalue weighted by Gasteiger charge is -2.35. The number of nitrogens with two attached hydrogens (primary N) is 1. The molecule has 0 amide bonds. The van der Waals surface area contributed by atoms with Crippen LogP contribution in [0, 0.1) is 5.92 Å². The van der Waals surface area contributed by atoms with Gasteiger partial charge in [-0.3, -0.25) is 4.90 Å². The Balaban J connectivity index is 2.23. The van der Waals surface area contributed by atoms with Gasteiger partial charge in [-0.15, -0.1) is 0 Å². The average molecular weight is 212 g/mol. The van der Waals surface area contributed by atoms with Gasteiger partial charge < -0.3 is 5.73 Å². The van der Waals surface area contributed by atoms with Crippen molar-refractivity contribution in [2.75, 3.05) is 20.1 Å². The maximum Gasteiger partial charge on any atom is 0.0272 e. The summed E-state index contributed by atoms with van der Waals surface area (Å²) in [6, 6.07) is 0. The second-order valence-electron chi connectivity index (χ2n) is 5.73. The average Bonchev–Trinajstić information content (AvgIpc) is 2.27. The molecule has 0 aromatic heterocycles. The Morgan fingerprint density at radius 1 is 1.20 bits per heavy atom. The quantitative estimate of drug-likeness (QED) is 0.759. The minimum Gasteiger partial charge on any atom is -0.329 e. The summed E-state index contributed by atoms with van der Waals surface area (Å²) in [6.45, 7) is 6.41. The molecular weight excluding hydrogens is 184 g/mol. The van der Waals surface area contributed by atoms with Crippen LogP contribution in [-0.4, -0.2) is 30.6 Å². The molecule has 2 nitrogen and oxygen atoms in total. The van der Waals surface area contributed by atoms with Crippen molar-refractivity contribution >= 4 is 0 Å². The zero-order valence-corrected chi connectivity index (χ0v) is 10.8. The van der Waals surface area contributed by atoms with E-state index in [1.165, 1.54) is 45.1 Å². The molecule has 1 rings (SSSR count). The van der Waals surface area contributed by atoms with Crippen LogP contribution in [0.5, 0.6) is 0 Å². The molecule has 1 aliphatic carbocycles. The van der Waals surface area contributed by atoms with E-state index in [0.29, 0.717) is 0 Å². The van der Waals surface area contributed by atoms with Gasteiger partial charge in [0.1, 0.15) is 0 Å². The van der Waals surface area contributed by atoms with Gasteiger partial charge in [-0.05, 0) is 39.8 Å². The zero-order valence-electron chi connectivity index (χ0n) is 10.8. The third kappa shape index (κ3) is 4.12. The van der Waals surface area contributed by atoms with E-state index in [0.717, 1.165) is 12.5 Å². The van der Waals surface area contributed by atoms with Crippen molar-refractivity contribution in [1.82, 2.24) is 4.90 Å². The first-order valence-electron chi connectivity index (χ1n) is 6.47. The molecular formula is C13H28N2. The molecule has 1 aliphatic rings. The minimum atomic E-state index is 0.161. The van der Waals surface area contributed by atoms with E-state index in [-0.39, 0.29) is 5.54 Å². The molecule has 15 heavy (non-hydrogen) atoms. The normalized spacial score (nSPS) is 19.8. The number of likely N-dealkylation sites (N-methyl/N-ethyl adjacent to an activating group) is 1. The second kappa shape index (κ2) is 5.86. The fraction of sp³-hybridized carbons (Fsp3) is 1.00. The molecule has 1 fully saturated rings. The van der Waals surface area contributed by atoms with E-state index in [4.69, 9.17) is 5.73 Å². The Hall–Kier alpha value is -0.0800. The van der Waals surface area contributed by atoms with Crippen LogP contribution in [0.2, 0.25) is 0 Å². The summed E-state index contributed by atoms with van der Waals surface area (Å²) in [5.74, 6) is 0.981. The summed E-state index contributed by atoms with van der Waals surface area (Å²) in [5.41, 5.74) is 5.94. The number of nitrogens with zero attached hydrogens (tertiary/aromatic N) is 1. The lowest BCUT2D eigenvalue weighted by molar-refractivity contribution is 0.147. The van der Waals surface area contributed by atoms with E-state index < -0.39 is 0 Å². The van der Waals surface area contributed by atoms with Crippen molar-refractivity contribution in [2.45, 2.75) is 57.9 Å². The molecule has 0 atom stereocenters. The molecule has 0 heterocycles. The number of hydrogen-bond acceptors (Lipinski definition) is 2. The van der Waals surface area contributed by atoms with Gasteiger partial charge in [-0.2, -0.15) is 0 Å². The molecule has 0 aliphatic heterocycles. The van der Waals surface area contributed by atoms with Gasteiger partial charge in [0.05, 0.1) is 0 Å². The van der Waals surface area contributed by atoms with Crippen molar-refractivity contribution in [3.05, 3.63) is 0 Å². The van der Waals surface area contributed by atoms with Gasteiger partial charge >= 0.3 is 0 Å². The van der Waals surface area contributed by atoms with Crippen molar-refractivity contribution in [3.8, 4) is 0 Å². The smallest absolute Gasteiger partial charge is 0.0272 e. The Morgan fingerprint density at radius 3 is 2.33 bits per heavy atom. The van der Waals surface area contributed by atoms with E-state index >= 15 is 0 Å². The van der Waals surface area contributed by atoms with Gasteiger partial charge in [0, 0.05) is 12.1 Å². The van der Waals surface area contributed by atoms with E-state index in [1.54, 1.807) is 0 Å². The van der Waals surface area contributed by atoms with Crippen LogP contribution >= 0.6 is 0 Å². The SMILES string of the molecule is CN(CCC1CCCCC1)C(C)(C)CN. The van der Waals surface area contributed by atoms with Crippen LogP contribution in [0.3, 0.4) is 0 Å². The molecule has 2 N–H and O–H groups in total. The molecule has 0 spiro atoms. The Morgan fingerprint density at radius 2 is 1.80 bits per heavy atom. The van der Waals surface area contributed by atoms with Crippen LogP contribution in [-0.2, 0) is 0 Å². The zero-order chi connectivity index (χ0) is 11.3. The highest BCUT2D eigenvalue weighted by Gasteiger charge is 2.22. The first-order chi connectivity index (χ1) is 7.06. The molecule has 90 valence electrons.